The Hall–Kier alpha value is -2.73. The van der Waals surface area contributed by atoms with Gasteiger partial charge in [0.05, 0.1) is 16.8 Å². The van der Waals surface area contributed by atoms with Crippen LogP contribution in [0.3, 0.4) is 0 Å². The highest BCUT2D eigenvalue weighted by Crippen LogP contribution is 2.26. The third-order valence-corrected chi connectivity index (χ3v) is 4.62. The predicted molar refractivity (Wildman–Crippen MR) is 101 cm³/mol. The van der Waals surface area contributed by atoms with Crippen molar-refractivity contribution in [3.05, 3.63) is 58.7 Å². The van der Waals surface area contributed by atoms with Crippen molar-refractivity contribution in [2.75, 3.05) is 11.9 Å². The molecular formula is C19H19N3O2S. The molecule has 5 nitrogen and oxygen atoms in total. The first-order valence-electron chi connectivity index (χ1n) is 7.94. The number of thiazole rings is 1. The van der Waals surface area contributed by atoms with Crippen LogP contribution in [-0.2, 0) is 4.79 Å². The number of hydrogen-bond acceptors (Lipinski definition) is 4. The Morgan fingerprint density at radius 2 is 1.72 bits per heavy atom. The van der Waals surface area contributed by atoms with Crippen molar-refractivity contribution < 1.29 is 9.59 Å². The van der Waals surface area contributed by atoms with Crippen LogP contribution in [0.1, 0.15) is 27.0 Å². The molecule has 0 aliphatic carbocycles. The molecule has 2 aromatic carbocycles. The van der Waals surface area contributed by atoms with Crippen molar-refractivity contribution >= 4 is 38.5 Å². The maximum atomic E-state index is 12.2. The van der Waals surface area contributed by atoms with Gasteiger partial charge in [0.1, 0.15) is 0 Å². The van der Waals surface area contributed by atoms with Gasteiger partial charge >= 0.3 is 0 Å². The molecule has 0 radical (unpaired) electrons. The van der Waals surface area contributed by atoms with Gasteiger partial charge in [-0.3, -0.25) is 9.59 Å². The zero-order valence-corrected chi connectivity index (χ0v) is 15.2. The lowest BCUT2D eigenvalue weighted by Gasteiger charge is -2.07. The van der Waals surface area contributed by atoms with Crippen molar-refractivity contribution in [3.63, 3.8) is 0 Å². The van der Waals surface area contributed by atoms with Crippen LogP contribution < -0.4 is 10.6 Å². The van der Waals surface area contributed by atoms with E-state index in [4.69, 9.17) is 0 Å². The first kappa shape index (κ1) is 17.1. The molecule has 0 spiro atoms. The monoisotopic (exact) mass is 353 g/mol. The summed E-state index contributed by atoms with van der Waals surface area (Å²) >= 11 is 1.42. The quantitative estimate of drug-likeness (QED) is 0.753. The predicted octanol–water partition coefficient (Wildman–Crippen LogP) is 3.59. The number of fused-ring (bicyclic) bond motifs is 1. The summed E-state index contributed by atoms with van der Waals surface area (Å²) in [5.41, 5.74) is 4.58. The van der Waals surface area contributed by atoms with Crippen LogP contribution in [0.4, 0.5) is 5.13 Å². The van der Waals surface area contributed by atoms with Crippen LogP contribution in [-0.4, -0.2) is 23.3 Å². The summed E-state index contributed by atoms with van der Waals surface area (Å²) in [5.74, 6) is -0.560. The Balaban J connectivity index is 1.61. The van der Waals surface area contributed by atoms with Crippen LogP contribution in [0.2, 0.25) is 0 Å². The van der Waals surface area contributed by atoms with Gasteiger partial charge in [0.25, 0.3) is 5.91 Å². The number of carbonyl (C=O) groups excluding carboxylic acids is 2. The number of amides is 2. The van der Waals surface area contributed by atoms with Gasteiger partial charge in [-0.15, -0.1) is 0 Å². The Kier molecular flexibility index (Phi) is 4.81. The molecule has 0 atom stereocenters. The van der Waals surface area contributed by atoms with Crippen LogP contribution in [0.15, 0.2) is 36.4 Å². The van der Waals surface area contributed by atoms with E-state index in [1.165, 1.54) is 11.3 Å². The first-order valence-corrected chi connectivity index (χ1v) is 8.76. The first-order chi connectivity index (χ1) is 11.9. The highest BCUT2D eigenvalue weighted by molar-refractivity contribution is 7.22. The standard InChI is InChI=1S/C19H19N3O2S/c1-11-4-5-15-16(9-11)25-19(21-15)22-17(23)10-20-18(24)14-7-12(2)6-13(3)8-14/h4-9H,10H2,1-3H3,(H,20,24)(H,21,22,23). The number of hydrogen-bond donors (Lipinski definition) is 2. The van der Waals surface area contributed by atoms with Gasteiger partial charge in [-0.1, -0.05) is 34.6 Å². The molecule has 0 aliphatic heterocycles. The molecule has 0 aliphatic rings. The van der Waals surface area contributed by atoms with Crippen LogP contribution >= 0.6 is 11.3 Å². The van der Waals surface area contributed by atoms with Gasteiger partial charge < -0.3 is 10.6 Å². The van der Waals surface area contributed by atoms with Crippen molar-refractivity contribution in [1.82, 2.24) is 10.3 Å². The van der Waals surface area contributed by atoms with E-state index in [2.05, 4.69) is 15.6 Å². The average molecular weight is 353 g/mol. The lowest BCUT2D eigenvalue weighted by Crippen LogP contribution is -2.32. The average Bonchev–Trinajstić information content (AvgIpc) is 2.92. The van der Waals surface area contributed by atoms with Gasteiger partial charge in [0, 0.05) is 5.56 Å². The third kappa shape index (κ3) is 4.22. The number of aryl methyl sites for hydroxylation is 3. The number of benzene rings is 2. The summed E-state index contributed by atoms with van der Waals surface area (Å²) in [6, 6.07) is 11.5. The minimum atomic E-state index is -0.298. The number of carbonyl (C=O) groups is 2. The molecule has 25 heavy (non-hydrogen) atoms. The number of nitrogens with one attached hydrogen (secondary N) is 2. The zero-order valence-electron chi connectivity index (χ0n) is 14.3. The fourth-order valence-corrected chi connectivity index (χ4v) is 3.60. The number of anilines is 1. The summed E-state index contributed by atoms with van der Waals surface area (Å²) in [7, 11) is 0. The second-order valence-corrected chi connectivity index (χ2v) is 7.13. The summed E-state index contributed by atoms with van der Waals surface area (Å²) in [6.45, 7) is 5.79. The molecule has 2 N–H and O–H groups in total. The van der Waals surface area contributed by atoms with Crippen molar-refractivity contribution in [1.29, 1.82) is 0 Å². The Bertz CT molecular complexity index is 942. The molecule has 0 unspecified atom stereocenters. The van der Waals surface area contributed by atoms with E-state index in [0.29, 0.717) is 10.7 Å². The number of nitrogens with zero attached hydrogens (tertiary/aromatic N) is 1. The Morgan fingerprint density at radius 1 is 1.00 bits per heavy atom. The topological polar surface area (TPSA) is 71.1 Å². The summed E-state index contributed by atoms with van der Waals surface area (Å²) in [5, 5.41) is 5.91. The number of rotatable bonds is 4. The summed E-state index contributed by atoms with van der Waals surface area (Å²) < 4.78 is 1.02. The van der Waals surface area contributed by atoms with Gasteiger partial charge in [-0.25, -0.2) is 4.98 Å². The molecule has 2 amide bonds. The third-order valence-electron chi connectivity index (χ3n) is 3.68. The largest absolute Gasteiger partial charge is 0.343 e. The highest BCUT2D eigenvalue weighted by Gasteiger charge is 2.11. The second-order valence-electron chi connectivity index (χ2n) is 6.10. The van der Waals surface area contributed by atoms with E-state index in [1.54, 1.807) is 12.1 Å². The molecule has 0 saturated heterocycles. The van der Waals surface area contributed by atoms with Crippen LogP contribution in [0.25, 0.3) is 10.2 Å². The molecule has 6 heteroatoms. The van der Waals surface area contributed by atoms with Gasteiger partial charge in [0.15, 0.2) is 5.13 Å². The second kappa shape index (κ2) is 7.03. The van der Waals surface area contributed by atoms with E-state index >= 15 is 0 Å². The zero-order chi connectivity index (χ0) is 18.0. The van der Waals surface area contributed by atoms with E-state index in [1.807, 2.05) is 45.0 Å². The van der Waals surface area contributed by atoms with Crippen molar-refractivity contribution in [2.24, 2.45) is 0 Å². The minimum absolute atomic E-state index is 0.0965. The summed E-state index contributed by atoms with van der Waals surface area (Å²) in [6.07, 6.45) is 0. The van der Waals surface area contributed by atoms with Crippen LogP contribution in [0.5, 0.6) is 0 Å². The van der Waals surface area contributed by atoms with Crippen LogP contribution in [0, 0.1) is 20.8 Å². The molecule has 0 saturated carbocycles. The molecule has 1 heterocycles. The maximum absolute atomic E-state index is 12.2. The molecular weight excluding hydrogens is 334 g/mol. The Labute approximate surface area is 150 Å². The molecule has 3 rings (SSSR count). The fraction of sp³-hybridized carbons (Fsp3) is 0.211. The molecule has 3 aromatic rings. The lowest BCUT2D eigenvalue weighted by molar-refractivity contribution is -0.115. The van der Waals surface area contributed by atoms with E-state index in [-0.39, 0.29) is 18.4 Å². The molecule has 0 fully saturated rings. The molecule has 128 valence electrons. The van der Waals surface area contributed by atoms with E-state index < -0.39 is 0 Å². The van der Waals surface area contributed by atoms with E-state index in [9.17, 15) is 9.59 Å². The van der Waals surface area contributed by atoms with Crippen molar-refractivity contribution in [3.8, 4) is 0 Å². The van der Waals surface area contributed by atoms with E-state index in [0.717, 1.165) is 26.9 Å². The van der Waals surface area contributed by atoms with Gasteiger partial charge in [0.2, 0.25) is 5.91 Å². The van der Waals surface area contributed by atoms with Crippen molar-refractivity contribution in [2.45, 2.75) is 20.8 Å². The lowest BCUT2D eigenvalue weighted by atomic mass is 10.1. The molecule has 0 bridgehead atoms. The Morgan fingerprint density at radius 3 is 2.44 bits per heavy atom. The SMILES string of the molecule is Cc1cc(C)cc(C(=O)NCC(=O)Nc2nc3ccc(C)cc3s2)c1. The number of aromatic nitrogens is 1. The highest BCUT2D eigenvalue weighted by atomic mass is 32.1. The van der Waals surface area contributed by atoms with Gasteiger partial charge in [-0.2, -0.15) is 0 Å². The smallest absolute Gasteiger partial charge is 0.251 e. The summed E-state index contributed by atoms with van der Waals surface area (Å²) in [4.78, 5) is 28.6. The molecule has 1 aromatic heterocycles. The minimum Gasteiger partial charge on any atom is -0.343 e. The fourth-order valence-electron chi connectivity index (χ4n) is 2.62. The maximum Gasteiger partial charge on any atom is 0.251 e. The normalized spacial score (nSPS) is 10.7. The van der Waals surface area contributed by atoms with Gasteiger partial charge in [-0.05, 0) is 50.6 Å².